The van der Waals surface area contributed by atoms with Gasteiger partial charge in [-0.3, -0.25) is 0 Å². The van der Waals surface area contributed by atoms with Crippen LogP contribution in [0.2, 0.25) is 0 Å². The number of fused-ring (bicyclic) bond motifs is 4. The Balaban J connectivity index is 1.24. The lowest BCUT2D eigenvalue weighted by molar-refractivity contribution is 0.889. The molecule has 0 aliphatic heterocycles. The van der Waals surface area contributed by atoms with Crippen LogP contribution in [0.5, 0.6) is 0 Å². The molecule has 53 heavy (non-hydrogen) atoms. The quantitative estimate of drug-likeness (QED) is 0.176. The van der Waals surface area contributed by atoms with Gasteiger partial charge in [0.1, 0.15) is 0 Å². The molecule has 7 aromatic carbocycles. The summed E-state index contributed by atoms with van der Waals surface area (Å²) in [6, 6.07) is 61.3. The molecule has 0 radical (unpaired) electrons. The van der Waals surface area contributed by atoms with Gasteiger partial charge in [-0.1, -0.05) is 140 Å². The Morgan fingerprint density at radius 3 is 1.92 bits per heavy atom. The Kier molecular flexibility index (Phi) is 7.48. The lowest BCUT2D eigenvalue weighted by Gasteiger charge is -2.19. The molecule has 10 rings (SSSR count). The molecule has 4 heteroatoms. The van der Waals surface area contributed by atoms with Gasteiger partial charge in [-0.2, -0.15) is 0 Å². The summed E-state index contributed by atoms with van der Waals surface area (Å²) < 4.78 is 2.48. The fourth-order valence-electron chi connectivity index (χ4n) is 7.72. The predicted octanol–water partition coefficient (Wildman–Crippen LogP) is 11.9. The molecular weight excluding hydrogens is 645 g/mol. The fraction of sp³-hybridized carbons (Fsp3) is 0.0408. The van der Waals surface area contributed by atoms with Crippen molar-refractivity contribution in [1.82, 2.24) is 19.5 Å². The van der Waals surface area contributed by atoms with E-state index in [1.165, 1.54) is 32.9 Å². The van der Waals surface area contributed by atoms with E-state index in [2.05, 4.69) is 114 Å². The Hall–Kier alpha value is -7.09. The molecule has 248 valence electrons. The first-order chi connectivity index (χ1) is 26.3. The Labute approximate surface area is 308 Å². The van der Waals surface area contributed by atoms with E-state index >= 15 is 0 Å². The van der Waals surface area contributed by atoms with Gasteiger partial charge in [0.05, 0.1) is 5.52 Å². The first-order valence-electron chi connectivity index (χ1n) is 18.0. The van der Waals surface area contributed by atoms with Crippen molar-refractivity contribution in [3.05, 3.63) is 187 Å². The van der Waals surface area contributed by atoms with E-state index in [9.17, 15) is 0 Å². The van der Waals surface area contributed by atoms with Gasteiger partial charge in [0.2, 0.25) is 0 Å². The minimum atomic E-state index is 0.621. The summed E-state index contributed by atoms with van der Waals surface area (Å²) in [7, 11) is 0. The molecule has 1 aliphatic carbocycles. The third-order valence-corrected chi connectivity index (χ3v) is 10.2. The van der Waals surface area contributed by atoms with Crippen LogP contribution in [-0.4, -0.2) is 19.5 Å². The van der Waals surface area contributed by atoms with Crippen LogP contribution < -0.4 is 0 Å². The Bertz CT molecular complexity index is 2760. The first kappa shape index (κ1) is 30.7. The van der Waals surface area contributed by atoms with Crippen molar-refractivity contribution in [2.45, 2.75) is 12.8 Å². The SMILES string of the molecule is c1ccc(-c2ccc(-c3nc(-c4ccccc4)nc(-c4ccccc4)n3)cc2-c2cc(-n3c4c(c5ccccc53)C=CCC4)cc3ccccc23)cc#1. The third kappa shape index (κ3) is 5.47. The zero-order valence-electron chi connectivity index (χ0n) is 28.9. The maximum absolute atomic E-state index is 5.10. The normalized spacial score (nSPS) is 12.2. The third-order valence-electron chi connectivity index (χ3n) is 10.2. The molecule has 0 atom stereocenters. The smallest absolute Gasteiger partial charge is 0.164 e. The van der Waals surface area contributed by atoms with Crippen LogP contribution in [0.15, 0.2) is 164 Å². The topological polar surface area (TPSA) is 43.6 Å². The molecule has 0 bridgehead atoms. The highest BCUT2D eigenvalue weighted by atomic mass is 15.0. The average Bonchev–Trinajstić information content (AvgIpc) is 3.58. The molecule has 0 saturated carbocycles. The molecule has 0 N–H and O–H groups in total. The largest absolute Gasteiger partial charge is 0.313 e. The number of hydrogen-bond donors (Lipinski definition) is 0. The van der Waals surface area contributed by atoms with Crippen molar-refractivity contribution in [2.24, 2.45) is 0 Å². The van der Waals surface area contributed by atoms with Gasteiger partial charge in [-0.25, -0.2) is 15.0 Å². The van der Waals surface area contributed by atoms with Gasteiger partial charge in [-0.05, 0) is 88.3 Å². The molecule has 2 aromatic heterocycles. The van der Waals surface area contributed by atoms with Crippen LogP contribution in [0.3, 0.4) is 0 Å². The zero-order valence-corrected chi connectivity index (χ0v) is 28.9. The average molecular weight is 677 g/mol. The Morgan fingerprint density at radius 2 is 1.19 bits per heavy atom. The molecule has 0 fully saturated rings. The van der Waals surface area contributed by atoms with Gasteiger partial charge >= 0.3 is 0 Å². The van der Waals surface area contributed by atoms with E-state index < -0.39 is 0 Å². The van der Waals surface area contributed by atoms with E-state index in [-0.39, 0.29) is 0 Å². The van der Waals surface area contributed by atoms with Crippen LogP contribution in [0.1, 0.15) is 17.7 Å². The molecular formula is C49H32N4. The monoisotopic (exact) mass is 676 g/mol. The molecule has 0 unspecified atom stereocenters. The second kappa shape index (κ2) is 12.9. The highest BCUT2D eigenvalue weighted by Gasteiger charge is 2.21. The number of benzene rings is 6. The highest BCUT2D eigenvalue weighted by Crippen LogP contribution is 2.42. The number of hydrogen-bond acceptors (Lipinski definition) is 3. The lowest BCUT2D eigenvalue weighted by atomic mass is 9.89. The second-order valence-electron chi connectivity index (χ2n) is 13.4. The number of aromatic nitrogens is 4. The van der Waals surface area contributed by atoms with Crippen LogP contribution in [-0.2, 0) is 6.42 Å². The number of allylic oxidation sites excluding steroid dienone is 1. The molecule has 0 saturated heterocycles. The maximum atomic E-state index is 5.10. The van der Waals surface area contributed by atoms with Crippen LogP contribution in [0.4, 0.5) is 0 Å². The van der Waals surface area contributed by atoms with Crippen LogP contribution in [0, 0.1) is 12.1 Å². The summed E-state index contributed by atoms with van der Waals surface area (Å²) in [4.78, 5) is 15.1. The van der Waals surface area contributed by atoms with Gasteiger partial charge in [-0.15, -0.1) is 0 Å². The van der Waals surface area contributed by atoms with Crippen molar-refractivity contribution in [3.8, 4) is 62.1 Å². The van der Waals surface area contributed by atoms with E-state index in [0.717, 1.165) is 57.5 Å². The highest BCUT2D eigenvalue weighted by molar-refractivity contribution is 6.03. The van der Waals surface area contributed by atoms with E-state index in [4.69, 9.17) is 15.0 Å². The summed E-state index contributed by atoms with van der Waals surface area (Å²) in [6.45, 7) is 0. The maximum Gasteiger partial charge on any atom is 0.164 e. The van der Waals surface area contributed by atoms with Crippen molar-refractivity contribution in [1.29, 1.82) is 0 Å². The van der Waals surface area contributed by atoms with E-state index in [0.29, 0.717) is 17.5 Å². The van der Waals surface area contributed by atoms with Crippen molar-refractivity contribution >= 4 is 27.8 Å². The van der Waals surface area contributed by atoms with E-state index in [1.807, 2.05) is 72.8 Å². The summed E-state index contributed by atoms with van der Waals surface area (Å²) in [5.74, 6) is 1.90. The molecule has 9 aromatic rings. The zero-order chi connectivity index (χ0) is 35.1. The van der Waals surface area contributed by atoms with Gasteiger partial charge in [0.25, 0.3) is 0 Å². The summed E-state index contributed by atoms with van der Waals surface area (Å²) in [6.07, 6.45) is 6.61. The standard InChI is InChI=1S/C49H32N4/c1-4-16-33(17-5-1)40-29-28-37(49-51-47(34-18-6-2-7-19-34)50-48(52-49)35-20-8-3-9-21-35)31-43(40)44-32-38(30-36-22-10-11-23-39(36)44)53-45-26-14-12-24-41(45)42-25-13-15-27-46(42)53/h2-4,6-14,16-26,28-32H,15,27H2. The summed E-state index contributed by atoms with van der Waals surface area (Å²) >= 11 is 0. The van der Waals surface area contributed by atoms with Crippen molar-refractivity contribution in [3.63, 3.8) is 0 Å². The molecule has 0 spiro atoms. The van der Waals surface area contributed by atoms with Crippen LogP contribution >= 0.6 is 0 Å². The second-order valence-corrected chi connectivity index (χ2v) is 13.4. The minimum absolute atomic E-state index is 0.621. The van der Waals surface area contributed by atoms with Gasteiger partial charge in [0.15, 0.2) is 17.5 Å². The first-order valence-corrected chi connectivity index (χ1v) is 18.0. The van der Waals surface area contributed by atoms with Crippen molar-refractivity contribution in [2.75, 3.05) is 0 Å². The molecule has 4 nitrogen and oxygen atoms in total. The van der Waals surface area contributed by atoms with Gasteiger partial charge in [0, 0.05) is 39.0 Å². The molecule has 1 aliphatic rings. The molecule has 2 heterocycles. The number of para-hydroxylation sites is 1. The predicted molar refractivity (Wildman–Crippen MR) is 216 cm³/mol. The number of rotatable bonds is 6. The van der Waals surface area contributed by atoms with E-state index in [1.54, 1.807) is 0 Å². The Morgan fingerprint density at radius 1 is 0.509 bits per heavy atom. The summed E-state index contributed by atoms with van der Waals surface area (Å²) in [5, 5.41) is 3.64. The summed E-state index contributed by atoms with van der Waals surface area (Å²) in [5.41, 5.74) is 12.2. The van der Waals surface area contributed by atoms with Crippen LogP contribution in [0.25, 0.3) is 89.9 Å². The van der Waals surface area contributed by atoms with Gasteiger partial charge < -0.3 is 4.57 Å². The lowest BCUT2D eigenvalue weighted by Crippen LogP contribution is -2.04. The molecule has 0 amide bonds. The number of nitrogens with zero attached hydrogens (tertiary/aromatic N) is 4. The fourth-order valence-corrected chi connectivity index (χ4v) is 7.72. The minimum Gasteiger partial charge on any atom is -0.313 e. The van der Waals surface area contributed by atoms with Crippen molar-refractivity contribution < 1.29 is 0 Å².